The molecule has 0 radical (unpaired) electrons. The molecule has 5 nitrogen and oxygen atoms in total. The molecule has 1 atom stereocenters. The van der Waals surface area contributed by atoms with Crippen LogP contribution in [0.3, 0.4) is 0 Å². The van der Waals surface area contributed by atoms with Crippen molar-refractivity contribution in [3.05, 3.63) is 40.9 Å². The van der Waals surface area contributed by atoms with Gasteiger partial charge >= 0.3 is 51.4 Å². The molecular weight excluding hydrogens is 401 g/mol. The Kier molecular flexibility index (Phi) is 27.2. The SMILES string of the molecule is C#CCN(C)C(O[N-]CCCC)C1CCCC1.CC.Cc1ccccc1C=O.N.[K+]. The Morgan fingerprint density at radius 3 is 2.37 bits per heavy atom. The van der Waals surface area contributed by atoms with E-state index in [1.54, 1.807) is 0 Å². The van der Waals surface area contributed by atoms with E-state index in [-0.39, 0.29) is 63.8 Å². The van der Waals surface area contributed by atoms with Gasteiger partial charge in [-0.3, -0.25) is 9.69 Å². The molecule has 1 fully saturated rings. The fraction of sp³-hybridized carbons (Fsp3) is 0.625. The van der Waals surface area contributed by atoms with Crippen molar-refractivity contribution >= 4 is 6.29 Å². The summed E-state index contributed by atoms with van der Waals surface area (Å²) in [6.07, 6.45) is 13.7. The molecule has 30 heavy (non-hydrogen) atoms. The Labute approximate surface area is 228 Å². The largest absolute Gasteiger partial charge is 1.00 e. The van der Waals surface area contributed by atoms with E-state index in [4.69, 9.17) is 11.3 Å². The number of carbonyl (C=O) groups excluding carboxylic acids is 1. The first-order chi connectivity index (χ1) is 13.6. The average Bonchev–Trinajstić information content (AvgIpc) is 3.25. The van der Waals surface area contributed by atoms with Crippen molar-refractivity contribution in [3.63, 3.8) is 0 Å². The van der Waals surface area contributed by atoms with Crippen LogP contribution in [0.25, 0.3) is 5.48 Å². The van der Waals surface area contributed by atoms with Gasteiger partial charge in [-0.1, -0.05) is 76.6 Å². The molecule has 1 unspecified atom stereocenters. The van der Waals surface area contributed by atoms with Crippen molar-refractivity contribution < 1.29 is 61.0 Å². The molecule has 1 aromatic carbocycles. The minimum absolute atomic E-state index is 0. The molecule has 0 aliphatic heterocycles. The number of hydrogen-bond donors (Lipinski definition) is 1. The zero-order chi connectivity index (χ0) is 21.2. The Morgan fingerprint density at radius 1 is 1.30 bits per heavy atom. The number of hydrogen-bond acceptors (Lipinski definition) is 4. The summed E-state index contributed by atoms with van der Waals surface area (Å²) in [5, 5.41) is 0. The first kappa shape index (κ1) is 34.5. The Balaban J connectivity index is -0.000000478. The third kappa shape index (κ3) is 14.8. The van der Waals surface area contributed by atoms with Crippen molar-refractivity contribution in [3.8, 4) is 12.3 Å². The number of aldehydes is 1. The number of hydroxylamine groups is 1. The second-order valence-electron chi connectivity index (χ2n) is 6.84. The van der Waals surface area contributed by atoms with Crippen molar-refractivity contribution in [2.24, 2.45) is 5.92 Å². The fourth-order valence-electron chi connectivity index (χ4n) is 3.07. The molecule has 0 aromatic heterocycles. The molecular formula is C24H42KN3O2. The van der Waals surface area contributed by atoms with Crippen LogP contribution in [0.2, 0.25) is 0 Å². The third-order valence-corrected chi connectivity index (χ3v) is 4.68. The maximum absolute atomic E-state index is 10.2. The predicted molar refractivity (Wildman–Crippen MR) is 124 cm³/mol. The van der Waals surface area contributed by atoms with E-state index in [1.165, 1.54) is 25.7 Å². The maximum atomic E-state index is 10.2. The van der Waals surface area contributed by atoms with E-state index in [9.17, 15) is 4.79 Å². The molecule has 0 bridgehead atoms. The van der Waals surface area contributed by atoms with Gasteiger partial charge in [0.1, 0.15) is 6.29 Å². The summed E-state index contributed by atoms with van der Waals surface area (Å²) in [5.41, 5.74) is 6.01. The van der Waals surface area contributed by atoms with Gasteiger partial charge in [0, 0.05) is 5.56 Å². The smallest absolute Gasteiger partial charge is 0.533 e. The number of rotatable bonds is 9. The van der Waals surface area contributed by atoms with Crippen LogP contribution in [0.1, 0.15) is 75.2 Å². The molecule has 0 amide bonds. The zero-order valence-corrected chi connectivity index (χ0v) is 23.3. The molecule has 1 aromatic rings. The van der Waals surface area contributed by atoms with E-state index >= 15 is 0 Å². The van der Waals surface area contributed by atoms with Gasteiger partial charge < -0.3 is 16.5 Å². The summed E-state index contributed by atoms with van der Waals surface area (Å²) in [5.74, 6) is 3.27. The van der Waals surface area contributed by atoms with Crippen molar-refractivity contribution in [1.82, 2.24) is 11.1 Å². The van der Waals surface area contributed by atoms with Gasteiger partial charge in [-0.2, -0.15) is 0 Å². The first-order valence-corrected chi connectivity index (χ1v) is 10.6. The molecule has 6 heteroatoms. The van der Waals surface area contributed by atoms with Crippen LogP contribution in [-0.4, -0.2) is 37.6 Å². The standard InChI is InChI=1S/C14H25N2O.C8H8O.C2H6.K.H3N/c1-4-6-11-15-17-14(16(3)12-5-2)13-9-7-8-10-13;1-7-4-2-3-5-8(7)6-9;1-2;;/h2,13-14H,4,6-12H2,1,3H3;2-6H,1H3;1-2H3;;1H3/q-1;;;+1;. The van der Waals surface area contributed by atoms with Gasteiger partial charge in [0.25, 0.3) is 0 Å². The van der Waals surface area contributed by atoms with E-state index < -0.39 is 0 Å². The number of unbranched alkanes of at least 4 members (excludes halogenated alkanes) is 1. The van der Waals surface area contributed by atoms with Crippen LogP contribution < -0.4 is 57.5 Å². The molecule has 1 aliphatic rings. The molecule has 3 N–H and O–H groups in total. The average molecular weight is 444 g/mol. The van der Waals surface area contributed by atoms with E-state index in [2.05, 4.69) is 23.2 Å². The molecule has 2 rings (SSSR count). The van der Waals surface area contributed by atoms with Gasteiger partial charge in [0.05, 0.1) is 12.8 Å². The van der Waals surface area contributed by atoms with Crippen LogP contribution in [0.5, 0.6) is 0 Å². The van der Waals surface area contributed by atoms with E-state index in [0.717, 1.165) is 36.8 Å². The van der Waals surface area contributed by atoms with E-state index in [1.807, 2.05) is 52.1 Å². The van der Waals surface area contributed by atoms with Crippen molar-refractivity contribution in [2.45, 2.75) is 72.4 Å². The van der Waals surface area contributed by atoms with Crippen LogP contribution in [-0.2, 0) is 4.84 Å². The van der Waals surface area contributed by atoms with Crippen LogP contribution >= 0.6 is 0 Å². The van der Waals surface area contributed by atoms with Gasteiger partial charge in [0.2, 0.25) is 0 Å². The molecule has 166 valence electrons. The zero-order valence-electron chi connectivity index (χ0n) is 20.2. The Morgan fingerprint density at radius 2 is 1.90 bits per heavy atom. The summed E-state index contributed by atoms with van der Waals surface area (Å²) >= 11 is 0. The van der Waals surface area contributed by atoms with Gasteiger partial charge in [0.15, 0.2) is 0 Å². The Bertz CT molecular complexity index is 558. The minimum atomic E-state index is 0. The Hall–Kier alpha value is -0.0736. The molecule has 1 aliphatic carbocycles. The minimum Gasteiger partial charge on any atom is -0.533 e. The van der Waals surface area contributed by atoms with Crippen molar-refractivity contribution in [2.75, 3.05) is 20.1 Å². The first-order valence-electron chi connectivity index (χ1n) is 10.6. The number of benzene rings is 1. The molecule has 0 spiro atoms. The van der Waals surface area contributed by atoms with Crippen LogP contribution in [0.15, 0.2) is 24.3 Å². The van der Waals surface area contributed by atoms with Gasteiger partial charge in [-0.15, -0.1) is 13.0 Å². The fourth-order valence-corrected chi connectivity index (χ4v) is 3.07. The quantitative estimate of drug-likeness (QED) is 0.159. The monoisotopic (exact) mass is 443 g/mol. The molecule has 1 saturated carbocycles. The summed E-state index contributed by atoms with van der Waals surface area (Å²) in [7, 11) is 2.03. The summed E-state index contributed by atoms with van der Waals surface area (Å²) in [6.45, 7) is 9.51. The summed E-state index contributed by atoms with van der Waals surface area (Å²) < 4.78 is 0. The van der Waals surface area contributed by atoms with Crippen LogP contribution in [0, 0.1) is 25.2 Å². The summed E-state index contributed by atoms with van der Waals surface area (Å²) in [6, 6.07) is 7.51. The van der Waals surface area contributed by atoms with Gasteiger partial charge in [-0.25, -0.2) is 0 Å². The second kappa shape index (κ2) is 23.6. The summed E-state index contributed by atoms with van der Waals surface area (Å²) in [4.78, 5) is 18.0. The number of carbonyl (C=O) groups is 1. The molecule has 0 saturated heterocycles. The topological polar surface area (TPSA) is 78.6 Å². The van der Waals surface area contributed by atoms with Crippen LogP contribution in [0.4, 0.5) is 0 Å². The van der Waals surface area contributed by atoms with E-state index in [0.29, 0.717) is 12.5 Å². The third-order valence-electron chi connectivity index (χ3n) is 4.68. The predicted octanol–water partition coefficient (Wildman–Crippen LogP) is 3.17. The number of terminal acetylenes is 1. The van der Waals surface area contributed by atoms with Crippen molar-refractivity contribution in [1.29, 1.82) is 0 Å². The number of nitrogens with zero attached hydrogens (tertiary/aromatic N) is 2. The number of aryl methyl sites for hydroxylation is 1. The second-order valence-corrected chi connectivity index (χ2v) is 6.84. The normalized spacial score (nSPS) is 13.4. The maximum Gasteiger partial charge on any atom is 1.00 e. The molecule has 0 heterocycles. The van der Waals surface area contributed by atoms with Gasteiger partial charge in [-0.05, 0) is 38.3 Å².